The molecule has 0 aliphatic heterocycles. The molecule has 0 aliphatic carbocycles. The number of rotatable bonds is 3. The number of nitrogens with two attached hydrogens (primary N) is 1. The van der Waals surface area contributed by atoms with Crippen LogP contribution in [0.1, 0.15) is 5.89 Å². The molecule has 2 aromatic heterocycles. The van der Waals surface area contributed by atoms with E-state index in [9.17, 15) is 8.42 Å². The second kappa shape index (κ2) is 3.48. The molecular weight excluding hydrogens is 220 g/mol. The second-order valence-electron chi connectivity index (χ2n) is 2.82. The van der Waals surface area contributed by atoms with Crippen molar-refractivity contribution in [1.29, 1.82) is 0 Å². The van der Waals surface area contributed by atoms with Gasteiger partial charge in [0.2, 0.25) is 5.89 Å². The molecule has 0 fully saturated rings. The van der Waals surface area contributed by atoms with Crippen molar-refractivity contribution in [1.82, 2.24) is 14.8 Å². The fraction of sp³-hybridized carbons (Fsp3) is 0.143. The molecule has 15 heavy (non-hydrogen) atoms. The smallest absolute Gasteiger partial charge is 0.257 e. The lowest BCUT2D eigenvalue weighted by Gasteiger charge is -1.95. The van der Waals surface area contributed by atoms with Gasteiger partial charge in [0.15, 0.2) is 5.03 Å². The largest absolute Gasteiger partial charge is 0.447 e. The Morgan fingerprint density at radius 1 is 1.53 bits per heavy atom. The van der Waals surface area contributed by atoms with Crippen LogP contribution in [0.4, 0.5) is 0 Å². The van der Waals surface area contributed by atoms with Crippen molar-refractivity contribution in [2.24, 2.45) is 5.14 Å². The Morgan fingerprint density at radius 3 is 2.87 bits per heavy atom. The van der Waals surface area contributed by atoms with Crippen molar-refractivity contribution in [2.75, 3.05) is 0 Å². The lowest BCUT2D eigenvalue weighted by Crippen LogP contribution is -2.13. The predicted molar refractivity (Wildman–Crippen MR) is 49.2 cm³/mol. The van der Waals surface area contributed by atoms with Gasteiger partial charge >= 0.3 is 0 Å². The highest BCUT2D eigenvalue weighted by Gasteiger charge is 2.11. The van der Waals surface area contributed by atoms with Crippen molar-refractivity contribution in [3.8, 4) is 0 Å². The van der Waals surface area contributed by atoms with E-state index in [4.69, 9.17) is 9.56 Å². The molecule has 2 aromatic rings. The normalized spacial score (nSPS) is 11.8. The van der Waals surface area contributed by atoms with Gasteiger partial charge in [0.1, 0.15) is 12.8 Å². The number of nitrogens with zero attached hydrogens (tertiary/aromatic N) is 3. The first-order valence-electron chi connectivity index (χ1n) is 4.00. The van der Waals surface area contributed by atoms with Crippen LogP contribution in [0.25, 0.3) is 0 Å². The summed E-state index contributed by atoms with van der Waals surface area (Å²) in [6.07, 6.45) is 4.42. The van der Waals surface area contributed by atoms with Gasteiger partial charge in [0.05, 0.1) is 6.20 Å². The molecular formula is C7H8N4O3S. The number of sulfonamides is 1. The van der Waals surface area contributed by atoms with E-state index in [-0.39, 0.29) is 11.6 Å². The summed E-state index contributed by atoms with van der Waals surface area (Å²) in [7, 11) is -3.74. The molecule has 0 saturated heterocycles. The zero-order valence-electron chi connectivity index (χ0n) is 7.57. The summed E-state index contributed by atoms with van der Waals surface area (Å²) in [6.45, 7) is 0.266. The Morgan fingerprint density at radius 2 is 2.33 bits per heavy atom. The van der Waals surface area contributed by atoms with Crippen LogP contribution in [0.5, 0.6) is 0 Å². The maximum Gasteiger partial charge on any atom is 0.257 e. The molecule has 7 nitrogen and oxygen atoms in total. The van der Waals surface area contributed by atoms with Crippen molar-refractivity contribution in [3.05, 3.63) is 30.6 Å². The van der Waals surface area contributed by atoms with Gasteiger partial charge in [0.25, 0.3) is 10.0 Å². The van der Waals surface area contributed by atoms with Gasteiger partial charge in [-0.2, -0.15) is 5.10 Å². The van der Waals surface area contributed by atoms with Crippen LogP contribution in [0.2, 0.25) is 0 Å². The zero-order valence-corrected chi connectivity index (χ0v) is 8.38. The van der Waals surface area contributed by atoms with Crippen LogP contribution in [-0.2, 0) is 16.6 Å². The second-order valence-corrected chi connectivity index (χ2v) is 4.33. The highest BCUT2D eigenvalue weighted by atomic mass is 32.2. The van der Waals surface area contributed by atoms with E-state index in [0.29, 0.717) is 5.89 Å². The molecule has 0 radical (unpaired) electrons. The molecule has 0 saturated carbocycles. The monoisotopic (exact) mass is 228 g/mol. The number of primary sulfonamides is 1. The molecule has 0 amide bonds. The molecule has 0 atom stereocenters. The third kappa shape index (κ3) is 2.22. The standard InChI is InChI=1S/C7H8N4O3S/c8-15(12,13)7-1-3-11(10-7)5-6-9-2-4-14-6/h1-4H,5H2,(H2,8,12,13). The quantitative estimate of drug-likeness (QED) is 0.767. The van der Waals surface area contributed by atoms with Crippen LogP contribution in [-0.4, -0.2) is 23.2 Å². The fourth-order valence-electron chi connectivity index (χ4n) is 1.05. The molecule has 80 valence electrons. The van der Waals surface area contributed by atoms with E-state index >= 15 is 0 Å². The lowest BCUT2D eigenvalue weighted by molar-refractivity contribution is 0.461. The molecule has 2 N–H and O–H groups in total. The van der Waals surface area contributed by atoms with Crippen molar-refractivity contribution >= 4 is 10.0 Å². The summed E-state index contributed by atoms with van der Waals surface area (Å²) < 4.78 is 28.2. The average Bonchev–Trinajstić information content (AvgIpc) is 2.73. The molecule has 2 rings (SSSR count). The van der Waals surface area contributed by atoms with Crippen molar-refractivity contribution in [3.63, 3.8) is 0 Å². The fourth-order valence-corrected chi connectivity index (χ4v) is 1.52. The van der Waals surface area contributed by atoms with Gasteiger partial charge in [-0.3, -0.25) is 4.68 Å². The highest BCUT2D eigenvalue weighted by Crippen LogP contribution is 2.04. The summed E-state index contributed by atoms with van der Waals surface area (Å²) >= 11 is 0. The minimum absolute atomic E-state index is 0.172. The van der Waals surface area contributed by atoms with Crippen LogP contribution in [0.15, 0.2) is 34.2 Å². The first kappa shape index (κ1) is 9.87. The molecule has 0 bridgehead atoms. The predicted octanol–water partition coefficient (Wildman–Crippen LogP) is -0.433. The molecule has 0 spiro atoms. The summed E-state index contributed by atoms with van der Waals surface area (Å²) in [5.41, 5.74) is 0. The highest BCUT2D eigenvalue weighted by molar-refractivity contribution is 7.89. The van der Waals surface area contributed by atoms with Gasteiger partial charge in [-0.05, 0) is 6.07 Å². The topological polar surface area (TPSA) is 104 Å². The van der Waals surface area contributed by atoms with E-state index in [1.54, 1.807) is 0 Å². The van der Waals surface area contributed by atoms with E-state index in [2.05, 4.69) is 10.1 Å². The summed E-state index contributed by atoms with van der Waals surface area (Å²) in [4.78, 5) is 3.87. The zero-order chi connectivity index (χ0) is 10.9. The van der Waals surface area contributed by atoms with Gasteiger partial charge in [-0.1, -0.05) is 0 Å². The van der Waals surface area contributed by atoms with Crippen molar-refractivity contribution < 1.29 is 12.8 Å². The summed E-state index contributed by atoms with van der Waals surface area (Å²) in [5.74, 6) is 0.444. The first-order chi connectivity index (χ1) is 7.05. The third-order valence-corrected chi connectivity index (χ3v) is 2.49. The van der Waals surface area contributed by atoms with Crippen LogP contribution in [0, 0.1) is 0 Å². The number of hydrogen-bond donors (Lipinski definition) is 1. The number of hydrogen-bond acceptors (Lipinski definition) is 5. The van der Waals surface area contributed by atoms with Crippen LogP contribution in [0.3, 0.4) is 0 Å². The van der Waals surface area contributed by atoms with Crippen molar-refractivity contribution in [2.45, 2.75) is 11.6 Å². The van der Waals surface area contributed by atoms with E-state index in [1.807, 2.05) is 0 Å². The first-order valence-corrected chi connectivity index (χ1v) is 5.55. The van der Waals surface area contributed by atoms with Crippen LogP contribution >= 0.6 is 0 Å². The maximum atomic E-state index is 10.9. The molecule has 0 aromatic carbocycles. The number of aromatic nitrogens is 3. The van der Waals surface area contributed by atoms with Gasteiger partial charge in [-0.15, -0.1) is 0 Å². The Bertz CT molecular complexity index is 543. The van der Waals surface area contributed by atoms with E-state index in [1.165, 1.54) is 29.4 Å². The molecule has 8 heteroatoms. The third-order valence-electron chi connectivity index (χ3n) is 1.69. The van der Waals surface area contributed by atoms with E-state index in [0.717, 1.165) is 0 Å². The average molecular weight is 228 g/mol. The molecule has 0 unspecified atom stereocenters. The molecule has 0 aliphatic rings. The Kier molecular flexibility index (Phi) is 2.29. The minimum atomic E-state index is -3.74. The van der Waals surface area contributed by atoms with Gasteiger partial charge in [-0.25, -0.2) is 18.5 Å². The molecule has 2 heterocycles. The van der Waals surface area contributed by atoms with Gasteiger partial charge < -0.3 is 4.42 Å². The Hall–Kier alpha value is -1.67. The lowest BCUT2D eigenvalue weighted by atomic mass is 10.6. The minimum Gasteiger partial charge on any atom is -0.447 e. The van der Waals surface area contributed by atoms with Crippen LogP contribution < -0.4 is 5.14 Å². The maximum absolute atomic E-state index is 10.9. The SMILES string of the molecule is NS(=O)(=O)c1ccn(Cc2ncco2)n1. The number of oxazole rings is 1. The Balaban J connectivity index is 2.22. The van der Waals surface area contributed by atoms with E-state index < -0.39 is 10.0 Å². The Labute approximate surface area is 85.6 Å². The summed E-state index contributed by atoms with van der Waals surface area (Å²) in [5, 5.41) is 8.49. The summed E-state index contributed by atoms with van der Waals surface area (Å²) in [6, 6.07) is 1.32. The van der Waals surface area contributed by atoms with Gasteiger partial charge in [0, 0.05) is 6.20 Å².